The average Bonchev–Trinajstić information content (AvgIpc) is 3.14. The zero-order valence-electron chi connectivity index (χ0n) is 16.2. The molecule has 0 aliphatic carbocycles. The molecule has 3 N–H and O–H groups in total. The first-order valence-electron chi connectivity index (χ1n) is 8.92. The zero-order chi connectivity index (χ0) is 21.3. The molecule has 1 unspecified atom stereocenters. The number of halogens is 2. The number of anilines is 1. The van der Waals surface area contributed by atoms with E-state index < -0.39 is 11.4 Å². The van der Waals surface area contributed by atoms with Crippen molar-refractivity contribution in [1.82, 2.24) is 24.9 Å². The predicted octanol–water partition coefficient (Wildman–Crippen LogP) is 3.44. The van der Waals surface area contributed by atoms with E-state index in [1.807, 2.05) is 0 Å². The van der Waals surface area contributed by atoms with Crippen LogP contribution in [0.5, 0.6) is 0 Å². The Morgan fingerprint density at radius 2 is 2.03 bits per heavy atom. The molecule has 4 rings (SSSR count). The fourth-order valence-corrected chi connectivity index (χ4v) is 3.69. The number of aromatic nitrogens is 5. The molecule has 0 fully saturated rings. The summed E-state index contributed by atoms with van der Waals surface area (Å²) < 4.78 is 25.9. The summed E-state index contributed by atoms with van der Waals surface area (Å²) in [5.74, 6) is -0.363. The van der Waals surface area contributed by atoms with Gasteiger partial charge in [0.05, 0.1) is 24.2 Å². The number of hydrogen-bond donors (Lipinski definition) is 2. The number of methoxy groups -OCH3 is 2. The molecule has 4 aromatic rings. The molecule has 0 radical (unpaired) electrons. The first-order valence-corrected chi connectivity index (χ1v) is 9.71. The van der Waals surface area contributed by atoms with Crippen molar-refractivity contribution in [2.45, 2.75) is 5.60 Å². The van der Waals surface area contributed by atoms with Crippen LogP contribution in [0, 0.1) is 5.82 Å². The Kier molecular flexibility index (Phi) is 5.46. The number of hydrogen-bond acceptors (Lipinski definition) is 7. The monoisotopic (exact) mass is 472 g/mol. The highest BCUT2D eigenvalue weighted by molar-refractivity contribution is 9.10. The molecule has 1 atom stereocenters. The highest BCUT2D eigenvalue weighted by Gasteiger charge is 2.37. The molecule has 30 heavy (non-hydrogen) atoms. The van der Waals surface area contributed by atoms with Gasteiger partial charge in [-0.3, -0.25) is 0 Å². The quantitative estimate of drug-likeness (QED) is 0.441. The Morgan fingerprint density at radius 1 is 1.20 bits per heavy atom. The number of H-pyrrole nitrogens is 1. The van der Waals surface area contributed by atoms with Crippen molar-refractivity contribution in [2.24, 2.45) is 0 Å². The number of rotatable bonds is 6. The fraction of sp³-hybridized carbons (Fsp3) is 0.200. The third-order valence-electron chi connectivity index (χ3n) is 4.77. The van der Waals surface area contributed by atoms with Gasteiger partial charge in [-0.2, -0.15) is 0 Å². The number of fused-ring (bicyclic) bond motifs is 1. The van der Waals surface area contributed by atoms with Crippen molar-refractivity contribution in [2.75, 3.05) is 26.6 Å². The van der Waals surface area contributed by atoms with Crippen LogP contribution in [-0.4, -0.2) is 45.7 Å². The lowest BCUT2D eigenvalue weighted by molar-refractivity contribution is -0.0418. The van der Waals surface area contributed by atoms with E-state index in [-0.39, 0.29) is 12.6 Å². The molecule has 0 amide bonds. The van der Waals surface area contributed by atoms with Gasteiger partial charge in [-0.15, -0.1) is 0 Å². The van der Waals surface area contributed by atoms with Crippen molar-refractivity contribution in [3.05, 3.63) is 64.4 Å². The molecule has 10 heteroatoms. The van der Waals surface area contributed by atoms with E-state index in [1.165, 1.54) is 26.4 Å². The molecule has 154 valence electrons. The van der Waals surface area contributed by atoms with Gasteiger partial charge in [0.25, 0.3) is 0 Å². The molecule has 3 heterocycles. The highest BCUT2D eigenvalue weighted by Crippen LogP contribution is 2.36. The Labute approximate surface area is 179 Å². The summed E-state index contributed by atoms with van der Waals surface area (Å²) in [6.45, 7) is 0.0854. The van der Waals surface area contributed by atoms with Crippen molar-refractivity contribution in [3.8, 4) is 11.3 Å². The standard InChI is InChI=1S/C20H18BrFN6O2/c1-29-10-20(30-2,11-4-3-5-12(22)6-11)15-7-14(26-19(23)27-15)13-8-24-18-17(13)28-16(21)9-25-18/h3-9H,10H2,1-2H3,(H,24,25)(H2,23,26,27). The molecule has 0 aliphatic heterocycles. The van der Waals surface area contributed by atoms with Crippen molar-refractivity contribution in [1.29, 1.82) is 0 Å². The van der Waals surface area contributed by atoms with Gasteiger partial charge in [0.2, 0.25) is 5.95 Å². The van der Waals surface area contributed by atoms with E-state index >= 15 is 0 Å². The molecule has 0 spiro atoms. The molecule has 3 aromatic heterocycles. The maximum Gasteiger partial charge on any atom is 0.220 e. The summed E-state index contributed by atoms with van der Waals surface area (Å²) >= 11 is 3.34. The zero-order valence-corrected chi connectivity index (χ0v) is 17.8. The molecule has 0 saturated carbocycles. The average molecular weight is 473 g/mol. The number of nitrogens with one attached hydrogen (secondary N) is 1. The van der Waals surface area contributed by atoms with Crippen molar-refractivity contribution >= 4 is 33.0 Å². The maximum atomic E-state index is 14.0. The van der Waals surface area contributed by atoms with E-state index in [4.69, 9.17) is 15.2 Å². The van der Waals surface area contributed by atoms with Gasteiger partial charge >= 0.3 is 0 Å². The van der Waals surface area contributed by atoms with Crippen molar-refractivity contribution < 1.29 is 13.9 Å². The van der Waals surface area contributed by atoms with Crippen LogP contribution in [0.4, 0.5) is 10.3 Å². The normalized spacial score (nSPS) is 13.5. The smallest absolute Gasteiger partial charge is 0.220 e. The minimum Gasteiger partial charge on any atom is -0.381 e. The van der Waals surface area contributed by atoms with Crippen LogP contribution >= 0.6 is 15.9 Å². The SMILES string of the molecule is COCC(OC)(c1cccc(F)c1)c1cc(-c2c[nH]c3ncc(Br)nc23)nc(N)n1. The lowest BCUT2D eigenvalue weighted by atomic mass is 9.89. The van der Waals surface area contributed by atoms with E-state index in [0.717, 1.165) is 0 Å². The number of ether oxygens (including phenoxy) is 2. The second-order valence-electron chi connectivity index (χ2n) is 6.56. The molecular weight excluding hydrogens is 455 g/mol. The first-order chi connectivity index (χ1) is 14.5. The van der Waals surface area contributed by atoms with Crippen LogP contribution < -0.4 is 5.73 Å². The summed E-state index contributed by atoms with van der Waals surface area (Å²) in [7, 11) is 3.04. The maximum absolute atomic E-state index is 14.0. The second kappa shape index (κ2) is 8.05. The van der Waals surface area contributed by atoms with Crippen LogP contribution in [0.3, 0.4) is 0 Å². The minimum absolute atomic E-state index is 0.0359. The number of benzene rings is 1. The number of nitrogens with zero attached hydrogens (tertiary/aromatic N) is 4. The van der Waals surface area contributed by atoms with Crippen LogP contribution in [0.25, 0.3) is 22.4 Å². The first kappa shape index (κ1) is 20.3. The van der Waals surface area contributed by atoms with E-state index in [1.54, 1.807) is 30.6 Å². The highest BCUT2D eigenvalue weighted by atomic mass is 79.9. The largest absolute Gasteiger partial charge is 0.381 e. The van der Waals surface area contributed by atoms with Gasteiger partial charge < -0.3 is 20.2 Å². The predicted molar refractivity (Wildman–Crippen MR) is 113 cm³/mol. The lowest BCUT2D eigenvalue weighted by Gasteiger charge is -2.32. The van der Waals surface area contributed by atoms with Gasteiger partial charge in [-0.25, -0.2) is 24.3 Å². The molecule has 0 bridgehead atoms. The summed E-state index contributed by atoms with van der Waals surface area (Å²) in [4.78, 5) is 20.6. The Bertz CT molecular complexity index is 1220. The van der Waals surface area contributed by atoms with Crippen molar-refractivity contribution in [3.63, 3.8) is 0 Å². The molecule has 0 aliphatic rings. The van der Waals surface area contributed by atoms with Gasteiger partial charge in [0.15, 0.2) is 11.2 Å². The fourth-order valence-electron chi connectivity index (χ4n) is 3.41. The van der Waals surface area contributed by atoms with Crippen LogP contribution in [0.2, 0.25) is 0 Å². The van der Waals surface area contributed by atoms with Gasteiger partial charge in [-0.05, 0) is 39.7 Å². The Hall–Kier alpha value is -2.95. The van der Waals surface area contributed by atoms with Crippen LogP contribution in [0.15, 0.2) is 47.3 Å². The summed E-state index contributed by atoms with van der Waals surface area (Å²) in [6.07, 6.45) is 3.34. The summed E-state index contributed by atoms with van der Waals surface area (Å²) in [5.41, 5.74) is 8.25. The van der Waals surface area contributed by atoms with Gasteiger partial charge in [-0.1, -0.05) is 12.1 Å². The Morgan fingerprint density at radius 3 is 2.77 bits per heavy atom. The van der Waals surface area contributed by atoms with E-state index in [9.17, 15) is 4.39 Å². The van der Waals surface area contributed by atoms with Crippen LogP contribution in [-0.2, 0) is 15.1 Å². The number of nitrogen functional groups attached to an aromatic ring is 1. The molecular formula is C20H18BrFN6O2. The topological polar surface area (TPSA) is 112 Å². The minimum atomic E-state index is -1.19. The van der Waals surface area contributed by atoms with Crippen LogP contribution in [0.1, 0.15) is 11.3 Å². The third-order valence-corrected chi connectivity index (χ3v) is 5.15. The molecule has 1 aromatic carbocycles. The molecule has 0 saturated heterocycles. The van der Waals surface area contributed by atoms with Gasteiger partial charge in [0, 0.05) is 26.0 Å². The Balaban J connectivity index is 1.93. The second-order valence-corrected chi connectivity index (χ2v) is 7.38. The van der Waals surface area contributed by atoms with E-state index in [0.29, 0.717) is 38.3 Å². The summed E-state index contributed by atoms with van der Waals surface area (Å²) in [6, 6.07) is 7.83. The number of aromatic amines is 1. The van der Waals surface area contributed by atoms with E-state index in [2.05, 4.69) is 40.8 Å². The van der Waals surface area contributed by atoms with Gasteiger partial charge in [0.1, 0.15) is 15.9 Å². The summed E-state index contributed by atoms with van der Waals surface area (Å²) in [5, 5.41) is 0. The number of nitrogens with two attached hydrogens (primary N) is 1. The molecule has 8 nitrogen and oxygen atoms in total. The third kappa shape index (κ3) is 3.53. The lowest BCUT2D eigenvalue weighted by Crippen LogP contribution is -2.36.